The molecule has 0 atom stereocenters. The van der Waals surface area contributed by atoms with Gasteiger partial charge in [0.2, 0.25) is 10.0 Å². The van der Waals surface area contributed by atoms with E-state index in [0.29, 0.717) is 6.07 Å². The second-order valence-electron chi connectivity index (χ2n) is 4.42. The number of hydrogen-bond donors (Lipinski definition) is 1. The fraction of sp³-hybridized carbons (Fsp3) is 0.400. The van der Waals surface area contributed by atoms with E-state index in [-0.39, 0.29) is 26.2 Å². The van der Waals surface area contributed by atoms with E-state index in [1.165, 1.54) is 0 Å². The van der Waals surface area contributed by atoms with Crippen molar-refractivity contribution in [1.29, 1.82) is 0 Å². The summed E-state index contributed by atoms with van der Waals surface area (Å²) < 4.78 is 75.0. The molecule has 11 heteroatoms. The molecule has 1 aromatic carbocycles. The minimum Gasteiger partial charge on any atom is -0.216 e. The summed E-state index contributed by atoms with van der Waals surface area (Å²) in [5, 5.41) is 4.95. The Kier molecular flexibility index (Phi) is 4.31. The monoisotopic (exact) mass is 341 g/mol. The quantitative estimate of drug-likeness (QED) is 0.799. The molecule has 21 heavy (non-hydrogen) atoms. The van der Waals surface area contributed by atoms with Gasteiger partial charge in [0.15, 0.2) is 0 Å². The number of benzene rings is 1. The van der Waals surface area contributed by atoms with Crippen molar-refractivity contribution < 1.29 is 25.6 Å². The molecule has 1 heterocycles. The first-order valence-electron chi connectivity index (χ1n) is 5.85. The Morgan fingerprint density at radius 2 is 1.48 bits per heavy atom. The van der Waals surface area contributed by atoms with Crippen molar-refractivity contribution in [3.05, 3.63) is 29.8 Å². The maximum Gasteiger partial charge on any atom is 0.276 e. The molecule has 0 saturated carbocycles. The first-order valence-corrected chi connectivity index (χ1v) is 8.80. The van der Waals surface area contributed by atoms with Crippen LogP contribution in [0.5, 0.6) is 0 Å². The lowest BCUT2D eigenvalue weighted by Gasteiger charge is -2.32. The minimum absolute atomic E-state index is 0.124. The molecule has 0 bridgehead atoms. The van der Waals surface area contributed by atoms with Gasteiger partial charge >= 0.3 is 0 Å². The summed E-state index contributed by atoms with van der Waals surface area (Å²) in [6, 6.07) is 2.16. The molecule has 2 rings (SSSR count). The second kappa shape index (κ2) is 5.57. The van der Waals surface area contributed by atoms with Gasteiger partial charge in [-0.1, -0.05) is 0 Å². The Labute approximate surface area is 121 Å². The largest absolute Gasteiger partial charge is 0.276 e. The van der Waals surface area contributed by atoms with E-state index >= 15 is 0 Å². The van der Waals surface area contributed by atoms with Gasteiger partial charge in [-0.15, -0.1) is 0 Å². The standard InChI is InChI=1S/C10H13F2N3O4S2/c11-8-1-2-10(9(12)7-8)20(16,17)14-3-5-15(6-4-14)21(13,18)19/h1-2,7H,3-6H2,(H2,13,18,19). The van der Waals surface area contributed by atoms with Crippen LogP contribution in [0.1, 0.15) is 0 Å². The second-order valence-corrected chi connectivity index (χ2v) is 7.88. The van der Waals surface area contributed by atoms with Crippen LogP contribution in [-0.2, 0) is 20.2 Å². The third-order valence-corrected chi connectivity index (χ3v) is 6.09. The highest BCUT2D eigenvalue weighted by Gasteiger charge is 2.33. The molecule has 1 fully saturated rings. The molecule has 7 nitrogen and oxygen atoms in total. The highest BCUT2D eigenvalue weighted by molar-refractivity contribution is 7.89. The van der Waals surface area contributed by atoms with Gasteiger partial charge in [-0.2, -0.15) is 17.0 Å². The average Bonchev–Trinajstić information content (AvgIpc) is 2.37. The van der Waals surface area contributed by atoms with Crippen molar-refractivity contribution in [3.63, 3.8) is 0 Å². The molecule has 0 aliphatic carbocycles. The van der Waals surface area contributed by atoms with Crippen LogP contribution in [0.15, 0.2) is 23.1 Å². The molecule has 1 aromatic rings. The Bertz CT molecular complexity index is 744. The van der Waals surface area contributed by atoms with E-state index in [2.05, 4.69) is 0 Å². The van der Waals surface area contributed by atoms with Crippen LogP contribution in [0, 0.1) is 11.6 Å². The number of sulfonamides is 1. The summed E-state index contributed by atoms with van der Waals surface area (Å²) in [6.07, 6.45) is 0. The lowest BCUT2D eigenvalue weighted by atomic mass is 10.3. The maximum atomic E-state index is 13.6. The Morgan fingerprint density at radius 3 is 1.95 bits per heavy atom. The van der Waals surface area contributed by atoms with Crippen molar-refractivity contribution in [2.45, 2.75) is 4.90 Å². The topological polar surface area (TPSA) is 101 Å². The summed E-state index contributed by atoms with van der Waals surface area (Å²) in [7, 11) is -8.03. The molecule has 1 aliphatic rings. The summed E-state index contributed by atoms with van der Waals surface area (Å²) in [5.74, 6) is -2.07. The molecule has 0 unspecified atom stereocenters. The molecule has 0 aromatic heterocycles. The fourth-order valence-electron chi connectivity index (χ4n) is 1.99. The van der Waals surface area contributed by atoms with Gasteiger partial charge in [0.25, 0.3) is 10.2 Å². The average molecular weight is 341 g/mol. The number of halogens is 2. The van der Waals surface area contributed by atoms with Crippen LogP contribution in [-0.4, -0.2) is 51.6 Å². The van der Waals surface area contributed by atoms with E-state index in [9.17, 15) is 25.6 Å². The molecule has 0 amide bonds. The van der Waals surface area contributed by atoms with Gasteiger partial charge in [0.05, 0.1) is 0 Å². The van der Waals surface area contributed by atoms with Crippen molar-refractivity contribution >= 4 is 20.2 Å². The molecule has 118 valence electrons. The van der Waals surface area contributed by atoms with Crippen molar-refractivity contribution in [1.82, 2.24) is 8.61 Å². The number of hydrogen-bond acceptors (Lipinski definition) is 4. The molecular weight excluding hydrogens is 328 g/mol. The number of nitrogens with zero attached hydrogens (tertiary/aromatic N) is 2. The first-order chi connectivity index (χ1) is 9.62. The van der Waals surface area contributed by atoms with Crippen molar-refractivity contribution in [2.75, 3.05) is 26.2 Å². The smallest absolute Gasteiger partial charge is 0.216 e. The molecule has 0 radical (unpaired) electrons. The molecule has 1 saturated heterocycles. The lowest BCUT2D eigenvalue weighted by Crippen LogP contribution is -2.52. The van der Waals surface area contributed by atoms with Gasteiger partial charge < -0.3 is 0 Å². The Hall–Kier alpha value is -1.14. The van der Waals surface area contributed by atoms with Crippen LogP contribution < -0.4 is 5.14 Å². The predicted octanol–water partition coefficient (Wildman–Crippen LogP) is -0.525. The number of nitrogens with two attached hydrogens (primary N) is 1. The van der Waals surface area contributed by atoms with Gasteiger partial charge in [-0.05, 0) is 12.1 Å². The zero-order valence-electron chi connectivity index (χ0n) is 10.7. The van der Waals surface area contributed by atoms with Crippen LogP contribution in [0.25, 0.3) is 0 Å². The molecule has 2 N–H and O–H groups in total. The zero-order chi connectivity index (χ0) is 15.8. The summed E-state index contributed by atoms with van der Waals surface area (Å²) in [4.78, 5) is -0.645. The Balaban J connectivity index is 2.23. The van der Waals surface area contributed by atoms with E-state index in [4.69, 9.17) is 5.14 Å². The van der Waals surface area contributed by atoms with Crippen LogP contribution in [0.3, 0.4) is 0 Å². The van der Waals surface area contributed by atoms with Gasteiger partial charge in [0.1, 0.15) is 16.5 Å². The fourth-order valence-corrected chi connectivity index (χ4v) is 4.13. The Morgan fingerprint density at radius 1 is 0.952 bits per heavy atom. The maximum absolute atomic E-state index is 13.6. The number of piperazine rings is 1. The third-order valence-electron chi connectivity index (χ3n) is 3.07. The van der Waals surface area contributed by atoms with Crippen molar-refractivity contribution in [2.24, 2.45) is 5.14 Å². The lowest BCUT2D eigenvalue weighted by molar-refractivity contribution is 0.272. The third kappa shape index (κ3) is 3.37. The van der Waals surface area contributed by atoms with E-state index in [1.807, 2.05) is 0 Å². The summed E-state index contributed by atoms with van der Waals surface area (Å²) in [6.45, 7) is -0.563. The minimum atomic E-state index is -4.15. The molecule has 0 spiro atoms. The van der Waals surface area contributed by atoms with Crippen molar-refractivity contribution in [3.8, 4) is 0 Å². The van der Waals surface area contributed by atoms with Gasteiger partial charge in [-0.25, -0.2) is 22.3 Å². The van der Waals surface area contributed by atoms with E-state index in [1.54, 1.807) is 0 Å². The van der Waals surface area contributed by atoms with Crippen LogP contribution >= 0.6 is 0 Å². The predicted molar refractivity (Wildman–Crippen MR) is 69.8 cm³/mol. The number of rotatable bonds is 3. The zero-order valence-corrected chi connectivity index (χ0v) is 12.4. The highest BCUT2D eigenvalue weighted by atomic mass is 32.2. The molecule has 1 aliphatic heterocycles. The van der Waals surface area contributed by atoms with E-state index < -0.39 is 36.8 Å². The van der Waals surface area contributed by atoms with Crippen LogP contribution in [0.4, 0.5) is 8.78 Å². The first kappa shape index (κ1) is 16.2. The van der Waals surface area contributed by atoms with Gasteiger partial charge in [0, 0.05) is 32.2 Å². The van der Waals surface area contributed by atoms with Gasteiger partial charge in [-0.3, -0.25) is 0 Å². The normalized spacial score (nSPS) is 18.8. The summed E-state index contributed by atoms with van der Waals surface area (Å²) in [5.41, 5.74) is 0. The SMILES string of the molecule is NS(=O)(=O)N1CCN(S(=O)(=O)c2ccc(F)cc2F)CC1. The molecular formula is C10H13F2N3O4S2. The summed E-state index contributed by atoms with van der Waals surface area (Å²) >= 11 is 0. The highest BCUT2D eigenvalue weighted by Crippen LogP contribution is 2.21. The van der Waals surface area contributed by atoms with E-state index in [0.717, 1.165) is 20.7 Å². The van der Waals surface area contributed by atoms with Crippen LogP contribution in [0.2, 0.25) is 0 Å².